The highest BCUT2D eigenvalue weighted by Crippen LogP contribution is 2.66. The van der Waals surface area contributed by atoms with E-state index in [4.69, 9.17) is 9.97 Å². The second-order valence-electron chi connectivity index (χ2n) is 10.6. The van der Waals surface area contributed by atoms with E-state index in [1.807, 2.05) is 12.1 Å². The molecule has 192 valence electrons. The Morgan fingerprint density at radius 3 is 1.89 bits per heavy atom. The number of aromatic hydroxyl groups is 2. The maximum Gasteiger partial charge on any atom is 0.202 e. The topological polar surface area (TPSA) is 117 Å². The number of aromatic nitrogens is 4. The summed E-state index contributed by atoms with van der Waals surface area (Å²) in [4.78, 5) is 19.3. The zero-order chi connectivity index (χ0) is 26.8. The molecule has 2 heterocycles. The third-order valence-corrected chi connectivity index (χ3v) is 9.29. The maximum absolute atomic E-state index is 10.3. The van der Waals surface area contributed by atoms with Crippen molar-refractivity contribution >= 4 is 67.0 Å². The first kappa shape index (κ1) is 25.1. The number of nitrogens with zero attached hydrogens (tertiary/aromatic N) is 6. The Bertz CT molecular complexity index is 1690. The van der Waals surface area contributed by atoms with Gasteiger partial charge in [-0.2, -0.15) is 0 Å². The van der Waals surface area contributed by atoms with Crippen molar-refractivity contribution in [2.45, 2.75) is 44.9 Å². The molecular weight excluding hydrogens is 612 g/mol. The molecule has 0 spiro atoms. The molecule has 0 aliphatic heterocycles. The predicted molar refractivity (Wildman–Crippen MR) is 154 cm³/mol. The normalized spacial score (nSPS) is 21.7. The quantitative estimate of drug-likeness (QED) is 0.233. The van der Waals surface area contributed by atoms with Gasteiger partial charge in [-0.25, -0.2) is 20.0 Å². The summed E-state index contributed by atoms with van der Waals surface area (Å²) in [6, 6.07) is 10.4. The first-order valence-corrected chi connectivity index (χ1v) is 13.8. The van der Waals surface area contributed by atoms with Crippen molar-refractivity contribution in [3.05, 3.63) is 67.9 Å². The molecule has 4 aromatic rings. The highest BCUT2D eigenvalue weighted by Gasteiger charge is 2.61. The predicted octanol–water partition coefficient (Wildman–Crippen LogP) is 7.03. The van der Waals surface area contributed by atoms with Crippen molar-refractivity contribution < 1.29 is 10.2 Å². The minimum atomic E-state index is -0.102. The lowest BCUT2D eigenvalue weighted by molar-refractivity contribution is 0.227. The van der Waals surface area contributed by atoms with Gasteiger partial charge in [-0.3, -0.25) is 0 Å². The molecule has 1 fully saturated rings. The summed E-state index contributed by atoms with van der Waals surface area (Å²) in [5.74, 6) is 1.08. The fraction of sp³-hybridized carbons (Fsp3) is 0.286. The molecule has 0 saturated heterocycles. The standard InChI is InChI=1S/C28H24Br2N6O2/c1-27(2)18-8-9-28(27,3)24-21(18)33-22-23(34-24)26(32-13-15-5-7-17(30)11-20(15)38)36-35-25(22)31-12-14-4-6-16(29)10-19(14)37/h4-7,10-13,18,37-38H,8-9H2,1-3H3. The molecule has 2 atom stereocenters. The van der Waals surface area contributed by atoms with E-state index < -0.39 is 0 Å². The smallest absolute Gasteiger partial charge is 0.202 e. The summed E-state index contributed by atoms with van der Waals surface area (Å²) in [5, 5.41) is 29.3. The Kier molecular flexibility index (Phi) is 5.88. The second-order valence-corrected chi connectivity index (χ2v) is 12.4. The van der Waals surface area contributed by atoms with Crippen LogP contribution >= 0.6 is 31.9 Å². The van der Waals surface area contributed by atoms with Gasteiger partial charge >= 0.3 is 0 Å². The van der Waals surface area contributed by atoms with E-state index in [0.717, 1.165) is 33.2 Å². The highest BCUT2D eigenvalue weighted by molar-refractivity contribution is 9.10. The van der Waals surface area contributed by atoms with E-state index >= 15 is 0 Å². The van der Waals surface area contributed by atoms with Gasteiger partial charge in [0.05, 0.1) is 11.4 Å². The third-order valence-electron chi connectivity index (χ3n) is 8.30. The van der Waals surface area contributed by atoms with E-state index in [1.54, 1.807) is 36.7 Å². The van der Waals surface area contributed by atoms with Gasteiger partial charge in [0.2, 0.25) is 11.6 Å². The van der Waals surface area contributed by atoms with E-state index in [-0.39, 0.29) is 22.3 Å². The van der Waals surface area contributed by atoms with Crippen molar-refractivity contribution in [3.63, 3.8) is 0 Å². The molecule has 0 radical (unpaired) electrons. The highest BCUT2D eigenvalue weighted by atomic mass is 79.9. The summed E-state index contributed by atoms with van der Waals surface area (Å²) >= 11 is 6.71. The average Bonchev–Trinajstić information content (AvgIpc) is 3.20. The van der Waals surface area contributed by atoms with Crippen LogP contribution in [0.15, 0.2) is 55.3 Å². The molecule has 2 bridgehead atoms. The van der Waals surface area contributed by atoms with E-state index in [1.165, 1.54) is 0 Å². The zero-order valence-corrected chi connectivity index (χ0v) is 24.1. The number of benzene rings is 2. The van der Waals surface area contributed by atoms with Crippen molar-refractivity contribution in [1.82, 2.24) is 20.2 Å². The largest absolute Gasteiger partial charge is 0.507 e. The molecule has 2 aliphatic rings. The fourth-order valence-electron chi connectivity index (χ4n) is 5.69. The van der Waals surface area contributed by atoms with Crippen molar-refractivity contribution in [2.75, 3.05) is 0 Å². The summed E-state index contributed by atoms with van der Waals surface area (Å²) in [7, 11) is 0. The van der Waals surface area contributed by atoms with Gasteiger partial charge in [0, 0.05) is 43.8 Å². The van der Waals surface area contributed by atoms with Crippen molar-refractivity contribution in [3.8, 4) is 11.5 Å². The van der Waals surface area contributed by atoms with Crippen LogP contribution in [0.2, 0.25) is 0 Å². The van der Waals surface area contributed by atoms with Crippen LogP contribution in [0.3, 0.4) is 0 Å². The number of halogens is 2. The molecule has 6 rings (SSSR count). The average molecular weight is 636 g/mol. The van der Waals surface area contributed by atoms with Crippen molar-refractivity contribution in [2.24, 2.45) is 15.4 Å². The lowest BCUT2D eigenvalue weighted by Gasteiger charge is -2.34. The number of aliphatic imine (C=N–C) groups is 2. The minimum Gasteiger partial charge on any atom is -0.507 e. The lowest BCUT2D eigenvalue weighted by atomic mass is 9.70. The van der Waals surface area contributed by atoms with Crippen LogP contribution in [0.4, 0.5) is 11.6 Å². The number of hydrogen-bond donors (Lipinski definition) is 2. The van der Waals surface area contributed by atoms with Crippen LogP contribution in [0.5, 0.6) is 11.5 Å². The molecule has 10 heteroatoms. The third kappa shape index (κ3) is 3.84. The van der Waals surface area contributed by atoms with Gasteiger partial charge in [-0.05, 0) is 54.7 Å². The van der Waals surface area contributed by atoms with Gasteiger partial charge < -0.3 is 10.2 Å². The maximum atomic E-state index is 10.3. The van der Waals surface area contributed by atoms with Crippen molar-refractivity contribution in [1.29, 1.82) is 0 Å². The van der Waals surface area contributed by atoms with Gasteiger partial charge in [-0.15, -0.1) is 10.2 Å². The summed E-state index contributed by atoms with van der Waals surface area (Å²) in [6.07, 6.45) is 5.20. The minimum absolute atomic E-state index is 0.0207. The van der Waals surface area contributed by atoms with Gasteiger partial charge in [0.25, 0.3) is 0 Å². The van der Waals surface area contributed by atoms with Crippen LogP contribution in [0, 0.1) is 5.41 Å². The van der Waals surface area contributed by atoms with Crippen LogP contribution in [-0.4, -0.2) is 42.8 Å². The molecule has 2 aromatic carbocycles. The van der Waals surface area contributed by atoms with Crippen LogP contribution < -0.4 is 0 Å². The summed E-state index contributed by atoms with van der Waals surface area (Å²) in [6.45, 7) is 6.85. The van der Waals surface area contributed by atoms with Crippen LogP contribution in [0.25, 0.3) is 11.0 Å². The molecule has 0 amide bonds. The number of fused-ring (bicyclic) bond motifs is 6. The van der Waals surface area contributed by atoms with Crippen LogP contribution in [-0.2, 0) is 5.41 Å². The monoisotopic (exact) mass is 634 g/mol. The van der Waals surface area contributed by atoms with E-state index in [2.05, 4.69) is 72.8 Å². The molecule has 2 unspecified atom stereocenters. The second kappa shape index (κ2) is 8.91. The molecule has 2 aromatic heterocycles. The summed E-state index contributed by atoms with van der Waals surface area (Å²) in [5.41, 5.74) is 3.99. The molecule has 2 N–H and O–H groups in total. The van der Waals surface area contributed by atoms with E-state index in [9.17, 15) is 10.2 Å². The lowest BCUT2D eigenvalue weighted by Crippen LogP contribution is -2.32. The number of rotatable bonds is 4. The molecule has 38 heavy (non-hydrogen) atoms. The molecule has 8 nitrogen and oxygen atoms in total. The Hall–Kier alpha value is -3.24. The molecule has 2 aliphatic carbocycles. The Balaban J connectivity index is 1.52. The fourth-order valence-corrected chi connectivity index (χ4v) is 6.39. The van der Waals surface area contributed by atoms with Gasteiger partial charge in [0.15, 0.2) is 0 Å². The Morgan fingerprint density at radius 1 is 0.842 bits per heavy atom. The Labute approximate surface area is 236 Å². The first-order valence-electron chi connectivity index (χ1n) is 12.2. The van der Waals surface area contributed by atoms with E-state index in [0.29, 0.717) is 39.7 Å². The van der Waals surface area contributed by atoms with Gasteiger partial charge in [0.1, 0.15) is 22.5 Å². The SMILES string of the molecule is CC12CCC(c3nc4c(N=Cc5ccc(Br)cc5O)nnc(N=Cc5ccc(Br)cc5O)c4nc31)C2(C)C. The first-order chi connectivity index (χ1) is 18.1. The number of phenolic OH excluding ortho intramolecular Hbond substituents is 2. The molecular formula is C28H24Br2N6O2. The number of phenols is 2. The van der Waals surface area contributed by atoms with Gasteiger partial charge in [-0.1, -0.05) is 52.6 Å². The summed E-state index contributed by atoms with van der Waals surface area (Å²) < 4.78 is 1.53. The molecule has 1 saturated carbocycles. The zero-order valence-electron chi connectivity index (χ0n) is 20.9. The number of hydrogen-bond acceptors (Lipinski definition) is 8. The van der Waals surface area contributed by atoms with Crippen LogP contribution in [0.1, 0.15) is 62.0 Å². The Morgan fingerprint density at radius 2 is 1.37 bits per heavy atom.